The van der Waals surface area contributed by atoms with Crippen LogP contribution in [0.5, 0.6) is 0 Å². The number of amides is 1. The fourth-order valence-electron chi connectivity index (χ4n) is 2.31. The number of hydrogen-bond acceptors (Lipinski definition) is 4. The lowest BCUT2D eigenvalue weighted by Gasteiger charge is -2.11. The van der Waals surface area contributed by atoms with Crippen LogP contribution in [0.1, 0.15) is 29.0 Å². The maximum absolute atomic E-state index is 12.2. The Balaban J connectivity index is 1.55. The molecule has 5 heteroatoms. The highest BCUT2D eigenvalue weighted by molar-refractivity contribution is 7.98. The molecule has 0 bridgehead atoms. The Morgan fingerprint density at radius 1 is 1.32 bits per heavy atom. The smallest absolute Gasteiger partial charge is 0.287 e. The van der Waals surface area contributed by atoms with E-state index < -0.39 is 0 Å². The Morgan fingerprint density at radius 3 is 2.82 bits per heavy atom. The van der Waals surface area contributed by atoms with E-state index in [1.54, 1.807) is 18.0 Å². The Bertz CT molecular complexity index is 623. The second-order valence-corrected chi connectivity index (χ2v) is 6.64. The van der Waals surface area contributed by atoms with Crippen molar-refractivity contribution < 1.29 is 9.21 Å². The van der Waals surface area contributed by atoms with Crippen LogP contribution >= 0.6 is 11.8 Å². The van der Waals surface area contributed by atoms with E-state index in [0.29, 0.717) is 24.0 Å². The third-order valence-electron chi connectivity index (χ3n) is 3.82. The molecule has 0 saturated heterocycles. The molecule has 1 aliphatic carbocycles. The first-order valence-electron chi connectivity index (χ1n) is 7.52. The van der Waals surface area contributed by atoms with E-state index in [0.717, 1.165) is 5.56 Å². The number of benzene rings is 1. The average molecular weight is 316 g/mol. The van der Waals surface area contributed by atoms with Crippen molar-refractivity contribution in [3.05, 3.63) is 54.0 Å². The molecule has 1 aliphatic rings. The summed E-state index contributed by atoms with van der Waals surface area (Å²) in [5, 5.41) is 2.88. The van der Waals surface area contributed by atoms with Gasteiger partial charge in [-0.3, -0.25) is 4.79 Å². The summed E-state index contributed by atoms with van der Waals surface area (Å²) in [5.41, 5.74) is 6.91. The Labute approximate surface area is 134 Å². The van der Waals surface area contributed by atoms with Crippen LogP contribution in [-0.4, -0.2) is 18.5 Å². The fourth-order valence-corrected chi connectivity index (χ4v) is 3.21. The number of carbonyl (C=O) groups excluding carboxylic acids is 1. The Kier molecular flexibility index (Phi) is 4.85. The van der Waals surface area contributed by atoms with Gasteiger partial charge in [0.2, 0.25) is 0 Å². The van der Waals surface area contributed by atoms with E-state index in [4.69, 9.17) is 10.2 Å². The quantitative estimate of drug-likeness (QED) is 0.770. The molecule has 3 N–H and O–H groups in total. The van der Waals surface area contributed by atoms with Crippen molar-refractivity contribution in [3.63, 3.8) is 0 Å². The Hall–Kier alpha value is -1.72. The number of rotatable bonds is 7. The van der Waals surface area contributed by atoms with E-state index in [2.05, 4.69) is 17.4 Å². The monoisotopic (exact) mass is 316 g/mol. The molecule has 1 atom stereocenters. The van der Waals surface area contributed by atoms with Crippen LogP contribution in [0.2, 0.25) is 0 Å². The number of hydrogen-bond donors (Lipinski definition) is 2. The van der Waals surface area contributed by atoms with E-state index in [-0.39, 0.29) is 11.9 Å². The first kappa shape index (κ1) is 15.2. The maximum atomic E-state index is 12.2. The summed E-state index contributed by atoms with van der Waals surface area (Å²) in [7, 11) is 0. The highest BCUT2D eigenvalue weighted by Crippen LogP contribution is 2.31. The molecule has 0 radical (unpaired) electrons. The van der Waals surface area contributed by atoms with E-state index >= 15 is 0 Å². The van der Waals surface area contributed by atoms with Crippen LogP contribution in [-0.2, 0) is 5.75 Å². The molecule has 2 aromatic rings. The molecule has 1 heterocycles. The lowest BCUT2D eigenvalue weighted by atomic mass is 10.2. The molecular weight excluding hydrogens is 296 g/mol. The molecule has 1 aromatic carbocycles. The zero-order chi connectivity index (χ0) is 15.4. The van der Waals surface area contributed by atoms with Gasteiger partial charge in [0.25, 0.3) is 5.91 Å². The van der Waals surface area contributed by atoms with Gasteiger partial charge in [0, 0.05) is 28.8 Å². The zero-order valence-corrected chi connectivity index (χ0v) is 13.1. The van der Waals surface area contributed by atoms with Gasteiger partial charge in [0.15, 0.2) is 5.76 Å². The largest absolute Gasteiger partial charge is 0.459 e. The molecule has 4 nitrogen and oxygen atoms in total. The average Bonchev–Trinajstić information content (AvgIpc) is 3.30. The third kappa shape index (κ3) is 3.93. The van der Waals surface area contributed by atoms with Gasteiger partial charge >= 0.3 is 0 Å². The second kappa shape index (κ2) is 7.03. The molecule has 1 amide bonds. The third-order valence-corrected chi connectivity index (χ3v) is 4.88. The van der Waals surface area contributed by atoms with Crippen LogP contribution in [0.3, 0.4) is 0 Å². The van der Waals surface area contributed by atoms with E-state index in [1.807, 2.05) is 24.3 Å². The highest BCUT2D eigenvalue weighted by Gasteiger charge is 2.29. The molecular formula is C17H20N2O2S. The second-order valence-electron chi connectivity index (χ2n) is 5.59. The lowest BCUT2D eigenvalue weighted by Crippen LogP contribution is -2.38. The van der Waals surface area contributed by atoms with Crippen molar-refractivity contribution in [1.82, 2.24) is 5.32 Å². The van der Waals surface area contributed by atoms with Gasteiger partial charge in [-0.2, -0.15) is 0 Å². The molecule has 3 rings (SSSR count). The topological polar surface area (TPSA) is 68.3 Å². The van der Waals surface area contributed by atoms with Crippen molar-refractivity contribution in [1.29, 1.82) is 0 Å². The van der Waals surface area contributed by atoms with Crippen LogP contribution in [0.25, 0.3) is 0 Å². The van der Waals surface area contributed by atoms with Gasteiger partial charge in [-0.25, -0.2) is 0 Å². The summed E-state index contributed by atoms with van der Waals surface area (Å²) in [5.74, 6) is 1.50. The molecule has 1 aromatic heterocycles. The number of thioether (sulfide) groups is 1. The van der Waals surface area contributed by atoms with Gasteiger partial charge < -0.3 is 15.5 Å². The minimum absolute atomic E-state index is 0.0565. The number of nitrogens with two attached hydrogens (primary N) is 1. The molecule has 0 spiro atoms. The number of carbonyl (C=O) groups is 1. The van der Waals surface area contributed by atoms with Gasteiger partial charge in [0.05, 0.1) is 6.26 Å². The fraction of sp³-hybridized carbons (Fsp3) is 0.353. The zero-order valence-electron chi connectivity index (χ0n) is 12.3. The SMILES string of the molecule is NC(CNC(=O)c1occc1CSc1ccccc1)C1CC1. The van der Waals surface area contributed by atoms with Crippen LogP contribution < -0.4 is 11.1 Å². The summed E-state index contributed by atoms with van der Waals surface area (Å²) >= 11 is 1.68. The molecule has 0 aliphatic heterocycles. The summed E-state index contributed by atoms with van der Waals surface area (Å²) < 4.78 is 5.36. The minimum atomic E-state index is -0.176. The lowest BCUT2D eigenvalue weighted by molar-refractivity contribution is 0.0921. The van der Waals surface area contributed by atoms with Gasteiger partial charge in [-0.05, 0) is 37.0 Å². The summed E-state index contributed by atoms with van der Waals surface area (Å²) in [6.07, 6.45) is 3.92. The van der Waals surface area contributed by atoms with Crippen molar-refractivity contribution in [2.24, 2.45) is 11.7 Å². The van der Waals surface area contributed by atoms with Crippen molar-refractivity contribution in [2.45, 2.75) is 29.5 Å². The number of nitrogens with one attached hydrogen (secondary N) is 1. The molecule has 1 saturated carbocycles. The van der Waals surface area contributed by atoms with Crippen molar-refractivity contribution >= 4 is 17.7 Å². The summed E-state index contributed by atoms with van der Waals surface area (Å²) in [6, 6.07) is 12.0. The maximum Gasteiger partial charge on any atom is 0.287 e. The molecule has 22 heavy (non-hydrogen) atoms. The van der Waals surface area contributed by atoms with Gasteiger partial charge in [-0.1, -0.05) is 18.2 Å². The highest BCUT2D eigenvalue weighted by atomic mass is 32.2. The predicted octanol–water partition coefficient (Wildman–Crippen LogP) is 3.04. The van der Waals surface area contributed by atoms with E-state index in [1.165, 1.54) is 17.7 Å². The first-order chi connectivity index (χ1) is 10.7. The predicted molar refractivity (Wildman–Crippen MR) is 87.7 cm³/mol. The van der Waals surface area contributed by atoms with E-state index in [9.17, 15) is 4.79 Å². The van der Waals surface area contributed by atoms with Crippen LogP contribution in [0, 0.1) is 5.92 Å². The Morgan fingerprint density at radius 2 is 2.09 bits per heavy atom. The summed E-state index contributed by atoms with van der Waals surface area (Å²) in [4.78, 5) is 13.4. The number of furan rings is 1. The molecule has 1 unspecified atom stereocenters. The van der Waals surface area contributed by atoms with Crippen molar-refractivity contribution in [2.75, 3.05) is 6.54 Å². The van der Waals surface area contributed by atoms with Gasteiger partial charge in [0.1, 0.15) is 0 Å². The first-order valence-corrected chi connectivity index (χ1v) is 8.50. The minimum Gasteiger partial charge on any atom is -0.459 e. The normalized spacial score (nSPS) is 15.5. The standard InChI is InChI=1S/C17H20N2O2S/c18-15(12-6-7-12)10-19-17(20)16-13(8-9-21-16)11-22-14-4-2-1-3-5-14/h1-5,8-9,12,15H,6-7,10-11,18H2,(H,19,20). The van der Waals surface area contributed by atoms with Crippen LogP contribution in [0.4, 0.5) is 0 Å². The van der Waals surface area contributed by atoms with Crippen LogP contribution in [0.15, 0.2) is 52.0 Å². The summed E-state index contributed by atoms with van der Waals surface area (Å²) in [6.45, 7) is 0.509. The van der Waals surface area contributed by atoms with Crippen molar-refractivity contribution in [3.8, 4) is 0 Å². The van der Waals surface area contributed by atoms with Gasteiger partial charge in [-0.15, -0.1) is 11.8 Å². The molecule has 1 fully saturated rings. The molecule has 116 valence electrons.